The zero-order valence-corrected chi connectivity index (χ0v) is 15.7. The van der Waals surface area contributed by atoms with Crippen molar-refractivity contribution < 1.29 is 9.32 Å². The van der Waals surface area contributed by atoms with Crippen molar-refractivity contribution in [3.63, 3.8) is 0 Å². The highest BCUT2D eigenvalue weighted by atomic mass is 79.9. The van der Waals surface area contributed by atoms with Crippen molar-refractivity contribution in [2.75, 3.05) is 13.1 Å². The van der Waals surface area contributed by atoms with Gasteiger partial charge < -0.3 is 9.42 Å². The van der Waals surface area contributed by atoms with Crippen LogP contribution in [0.2, 0.25) is 0 Å². The predicted molar refractivity (Wildman–Crippen MR) is 102 cm³/mol. The molecule has 0 N–H and O–H groups in total. The van der Waals surface area contributed by atoms with E-state index in [1.165, 1.54) is 0 Å². The zero-order valence-electron chi connectivity index (χ0n) is 14.1. The largest absolute Gasteiger partial charge is 0.339 e. The highest BCUT2D eigenvalue weighted by Crippen LogP contribution is 2.29. The molecule has 0 radical (unpaired) electrons. The van der Waals surface area contributed by atoms with Gasteiger partial charge in [0.15, 0.2) is 0 Å². The molecule has 1 amide bonds. The number of carbonyl (C=O) groups is 1. The van der Waals surface area contributed by atoms with Crippen LogP contribution < -0.4 is 0 Å². The summed E-state index contributed by atoms with van der Waals surface area (Å²) in [5.41, 5.74) is 1.67. The van der Waals surface area contributed by atoms with Crippen LogP contribution in [0.4, 0.5) is 0 Å². The fourth-order valence-corrected chi connectivity index (χ4v) is 3.47. The Balaban J connectivity index is 1.41. The molecule has 1 fully saturated rings. The fraction of sp³-hybridized carbons (Fsp3) is 0.250. The number of rotatable bonds is 3. The number of hydrogen-bond acceptors (Lipinski definition) is 4. The standard InChI is InChI=1S/C20H18BrN3O2/c21-17-8-6-14(7-9-17)18-22-19(26-23-18)15-10-12-24(13-11-15)20(25)16-4-2-1-3-5-16/h1-9,15H,10-13H2. The Bertz CT molecular complexity index is 885. The van der Waals surface area contributed by atoms with Gasteiger partial charge in [0.25, 0.3) is 5.91 Å². The highest BCUT2D eigenvalue weighted by molar-refractivity contribution is 9.10. The lowest BCUT2D eigenvalue weighted by atomic mass is 9.96. The first kappa shape index (κ1) is 17.0. The summed E-state index contributed by atoms with van der Waals surface area (Å²) in [5.74, 6) is 1.56. The van der Waals surface area contributed by atoms with Crippen LogP contribution in [-0.4, -0.2) is 34.0 Å². The number of halogens is 1. The highest BCUT2D eigenvalue weighted by Gasteiger charge is 2.28. The van der Waals surface area contributed by atoms with E-state index < -0.39 is 0 Å². The van der Waals surface area contributed by atoms with Crippen LogP contribution >= 0.6 is 15.9 Å². The molecule has 26 heavy (non-hydrogen) atoms. The second-order valence-electron chi connectivity index (χ2n) is 6.40. The van der Waals surface area contributed by atoms with E-state index in [-0.39, 0.29) is 11.8 Å². The van der Waals surface area contributed by atoms with E-state index in [0.717, 1.165) is 28.4 Å². The van der Waals surface area contributed by atoms with Crippen LogP contribution in [0.5, 0.6) is 0 Å². The predicted octanol–water partition coefficient (Wildman–Crippen LogP) is 4.52. The van der Waals surface area contributed by atoms with Gasteiger partial charge in [-0.05, 0) is 49.2 Å². The summed E-state index contributed by atoms with van der Waals surface area (Å²) in [6.45, 7) is 1.41. The molecule has 3 aromatic rings. The molecule has 132 valence electrons. The van der Waals surface area contributed by atoms with Gasteiger partial charge in [-0.1, -0.05) is 39.3 Å². The smallest absolute Gasteiger partial charge is 0.253 e. The summed E-state index contributed by atoms with van der Waals surface area (Å²) in [6, 6.07) is 17.2. The maximum absolute atomic E-state index is 12.5. The minimum absolute atomic E-state index is 0.0881. The summed E-state index contributed by atoms with van der Waals surface area (Å²) < 4.78 is 6.51. The van der Waals surface area contributed by atoms with Crippen molar-refractivity contribution in [3.8, 4) is 11.4 Å². The monoisotopic (exact) mass is 411 g/mol. The van der Waals surface area contributed by atoms with E-state index >= 15 is 0 Å². The fourth-order valence-electron chi connectivity index (χ4n) is 3.21. The Morgan fingerprint density at radius 1 is 1.04 bits per heavy atom. The summed E-state index contributed by atoms with van der Waals surface area (Å²) in [4.78, 5) is 19.0. The second-order valence-corrected chi connectivity index (χ2v) is 7.31. The molecule has 0 aliphatic carbocycles. The van der Waals surface area contributed by atoms with E-state index in [2.05, 4.69) is 26.1 Å². The summed E-state index contributed by atoms with van der Waals surface area (Å²) in [7, 11) is 0. The average molecular weight is 412 g/mol. The summed E-state index contributed by atoms with van der Waals surface area (Å²) in [6.07, 6.45) is 1.67. The summed E-state index contributed by atoms with van der Waals surface area (Å²) >= 11 is 3.42. The lowest BCUT2D eigenvalue weighted by Crippen LogP contribution is -2.37. The molecule has 0 bridgehead atoms. The van der Waals surface area contributed by atoms with Crippen LogP contribution in [-0.2, 0) is 0 Å². The van der Waals surface area contributed by atoms with Crippen LogP contribution in [0.1, 0.15) is 35.0 Å². The molecule has 4 rings (SSSR count). The third-order valence-electron chi connectivity index (χ3n) is 4.70. The molecule has 2 aromatic carbocycles. The molecule has 6 heteroatoms. The van der Waals surface area contributed by atoms with Gasteiger partial charge in [-0.25, -0.2) is 0 Å². The van der Waals surface area contributed by atoms with Gasteiger partial charge in [0, 0.05) is 34.6 Å². The molecular weight excluding hydrogens is 394 g/mol. The minimum Gasteiger partial charge on any atom is -0.339 e. The van der Waals surface area contributed by atoms with Gasteiger partial charge in [0.05, 0.1) is 0 Å². The number of amides is 1. The average Bonchev–Trinajstić information content (AvgIpc) is 3.19. The van der Waals surface area contributed by atoms with E-state index in [0.29, 0.717) is 24.8 Å². The molecule has 0 unspecified atom stereocenters. The number of likely N-dealkylation sites (tertiary alicyclic amines) is 1. The van der Waals surface area contributed by atoms with Gasteiger partial charge in [-0.2, -0.15) is 4.98 Å². The van der Waals surface area contributed by atoms with Crippen LogP contribution in [0.15, 0.2) is 63.6 Å². The van der Waals surface area contributed by atoms with Crippen molar-refractivity contribution in [2.45, 2.75) is 18.8 Å². The third kappa shape index (κ3) is 3.55. The third-order valence-corrected chi connectivity index (χ3v) is 5.22. The zero-order chi connectivity index (χ0) is 17.9. The number of nitrogens with zero attached hydrogens (tertiary/aromatic N) is 3. The maximum Gasteiger partial charge on any atom is 0.253 e. The molecule has 0 spiro atoms. The number of benzene rings is 2. The number of aromatic nitrogens is 2. The molecule has 1 aliphatic rings. The molecule has 5 nitrogen and oxygen atoms in total. The maximum atomic E-state index is 12.5. The van der Waals surface area contributed by atoms with Crippen molar-refractivity contribution >= 4 is 21.8 Å². The van der Waals surface area contributed by atoms with Gasteiger partial charge in [-0.15, -0.1) is 0 Å². The molecule has 2 heterocycles. The quantitative estimate of drug-likeness (QED) is 0.635. The molecule has 1 aliphatic heterocycles. The van der Waals surface area contributed by atoms with E-state index in [1.54, 1.807) is 0 Å². The van der Waals surface area contributed by atoms with Crippen molar-refractivity contribution in [2.24, 2.45) is 0 Å². The lowest BCUT2D eigenvalue weighted by molar-refractivity contribution is 0.0704. The first-order chi connectivity index (χ1) is 12.7. The van der Waals surface area contributed by atoms with E-state index in [1.807, 2.05) is 59.5 Å². The Morgan fingerprint density at radius 3 is 2.42 bits per heavy atom. The number of piperidine rings is 1. The van der Waals surface area contributed by atoms with Crippen LogP contribution in [0, 0.1) is 0 Å². The Morgan fingerprint density at radius 2 is 1.73 bits per heavy atom. The van der Waals surface area contributed by atoms with Crippen LogP contribution in [0.25, 0.3) is 11.4 Å². The Labute approximate surface area is 160 Å². The SMILES string of the molecule is O=C(c1ccccc1)N1CCC(c2nc(-c3ccc(Br)cc3)no2)CC1. The Kier molecular flexibility index (Phi) is 4.84. The van der Waals surface area contributed by atoms with Crippen molar-refractivity contribution in [3.05, 3.63) is 70.5 Å². The molecular formula is C20H18BrN3O2. The van der Waals surface area contributed by atoms with Gasteiger partial charge in [0.1, 0.15) is 0 Å². The number of carbonyl (C=O) groups excluding carboxylic acids is 1. The van der Waals surface area contributed by atoms with Crippen LogP contribution in [0.3, 0.4) is 0 Å². The summed E-state index contributed by atoms with van der Waals surface area (Å²) in [5, 5.41) is 4.11. The Hall–Kier alpha value is -2.47. The molecule has 1 saturated heterocycles. The van der Waals surface area contributed by atoms with E-state index in [9.17, 15) is 4.79 Å². The first-order valence-corrected chi connectivity index (χ1v) is 9.44. The minimum atomic E-state index is 0.0881. The first-order valence-electron chi connectivity index (χ1n) is 8.64. The number of hydrogen-bond donors (Lipinski definition) is 0. The van der Waals surface area contributed by atoms with Gasteiger partial charge >= 0.3 is 0 Å². The lowest BCUT2D eigenvalue weighted by Gasteiger charge is -2.30. The normalized spacial score (nSPS) is 15.2. The van der Waals surface area contributed by atoms with Gasteiger partial charge in [0.2, 0.25) is 11.7 Å². The van der Waals surface area contributed by atoms with Crippen molar-refractivity contribution in [1.29, 1.82) is 0 Å². The topological polar surface area (TPSA) is 59.2 Å². The molecule has 0 saturated carbocycles. The van der Waals surface area contributed by atoms with Crippen molar-refractivity contribution in [1.82, 2.24) is 15.0 Å². The molecule has 1 aromatic heterocycles. The van der Waals surface area contributed by atoms with E-state index in [4.69, 9.17) is 4.52 Å². The second kappa shape index (κ2) is 7.41. The molecule has 0 atom stereocenters. The van der Waals surface area contributed by atoms with Gasteiger partial charge in [-0.3, -0.25) is 4.79 Å².